The number of benzene rings is 2. The number of nitrogens with zero attached hydrogens (tertiary/aromatic N) is 4. The molecular formula is C31H27Cl3N4O4. The first-order chi connectivity index (χ1) is 20.3. The van der Waals surface area contributed by atoms with Crippen molar-refractivity contribution in [2.75, 3.05) is 25.1 Å². The van der Waals surface area contributed by atoms with E-state index in [0.29, 0.717) is 86.7 Å². The van der Waals surface area contributed by atoms with Crippen LogP contribution in [0.25, 0.3) is 11.3 Å². The third-order valence-electron chi connectivity index (χ3n) is 7.83. The van der Waals surface area contributed by atoms with Crippen LogP contribution in [0, 0.1) is 11.3 Å². The normalized spacial score (nSPS) is 16.2. The Morgan fingerprint density at radius 3 is 2.45 bits per heavy atom. The summed E-state index contributed by atoms with van der Waals surface area (Å²) in [5, 5.41) is 26.6. The van der Waals surface area contributed by atoms with Gasteiger partial charge in [-0.1, -0.05) is 52.1 Å². The zero-order chi connectivity index (χ0) is 29.4. The molecule has 216 valence electrons. The van der Waals surface area contributed by atoms with E-state index in [9.17, 15) is 10.4 Å². The second-order valence-electron chi connectivity index (χ2n) is 10.6. The van der Waals surface area contributed by atoms with Crippen LogP contribution in [0.4, 0.5) is 5.82 Å². The Hall–Kier alpha value is -3.48. The Kier molecular flexibility index (Phi) is 7.95. The van der Waals surface area contributed by atoms with E-state index in [1.165, 1.54) is 7.11 Å². The summed E-state index contributed by atoms with van der Waals surface area (Å²) in [7, 11) is 1.52. The SMILES string of the molecule is COc1cc(C#N)cc(N2CCC(O)(c3ccc(OCc4c(-c5c(Cl)cccc5Cl)noc4C4CC4)cc3Cl)CC2)n1. The average Bonchev–Trinajstić information content (AvgIpc) is 3.75. The number of nitriles is 1. The largest absolute Gasteiger partial charge is 0.489 e. The number of pyridine rings is 1. The lowest BCUT2D eigenvalue weighted by Gasteiger charge is -2.39. The molecule has 2 aliphatic rings. The molecule has 1 N–H and O–H groups in total. The number of piperidine rings is 1. The Balaban J connectivity index is 1.18. The van der Waals surface area contributed by atoms with Crippen LogP contribution in [0.1, 0.15) is 54.1 Å². The summed E-state index contributed by atoms with van der Waals surface area (Å²) in [5.41, 5.74) is 1.98. The molecule has 2 fully saturated rings. The fraction of sp³-hybridized carbons (Fsp3) is 0.323. The van der Waals surface area contributed by atoms with E-state index < -0.39 is 5.60 Å². The van der Waals surface area contributed by atoms with Crippen LogP contribution in [0.5, 0.6) is 11.6 Å². The van der Waals surface area contributed by atoms with Gasteiger partial charge in [0.25, 0.3) is 0 Å². The number of halogens is 3. The maximum atomic E-state index is 11.6. The highest BCUT2D eigenvalue weighted by Crippen LogP contribution is 2.46. The fourth-order valence-electron chi connectivity index (χ4n) is 5.36. The first-order valence-corrected chi connectivity index (χ1v) is 14.7. The fourth-order valence-corrected chi connectivity index (χ4v) is 6.29. The van der Waals surface area contributed by atoms with E-state index in [-0.39, 0.29) is 6.61 Å². The molecule has 1 aliphatic carbocycles. The van der Waals surface area contributed by atoms with Crippen molar-refractivity contribution in [3.8, 4) is 29.0 Å². The van der Waals surface area contributed by atoms with Crippen molar-refractivity contribution in [3.05, 3.63) is 86.0 Å². The zero-order valence-electron chi connectivity index (χ0n) is 22.7. The van der Waals surface area contributed by atoms with Gasteiger partial charge in [0.2, 0.25) is 5.88 Å². The van der Waals surface area contributed by atoms with Crippen LogP contribution >= 0.6 is 34.8 Å². The summed E-state index contributed by atoms with van der Waals surface area (Å²) in [6.45, 7) is 1.25. The number of anilines is 1. The van der Waals surface area contributed by atoms with E-state index in [0.717, 1.165) is 24.2 Å². The van der Waals surface area contributed by atoms with Gasteiger partial charge in [0.15, 0.2) is 0 Å². The van der Waals surface area contributed by atoms with Gasteiger partial charge in [0, 0.05) is 36.2 Å². The lowest BCUT2D eigenvalue weighted by atomic mass is 9.84. The Labute approximate surface area is 258 Å². The van der Waals surface area contributed by atoms with E-state index >= 15 is 0 Å². The second-order valence-corrected chi connectivity index (χ2v) is 11.8. The predicted molar refractivity (Wildman–Crippen MR) is 161 cm³/mol. The number of hydrogen-bond acceptors (Lipinski definition) is 8. The quantitative estimate of drug-likeness (QED) is 0.214. The number of aliphatic hydroxyl groups is 1. The van der Waals surface area contributed by atoms with Crippen molar-refractivity contribution in [1.29, 1.82) is 5.26 Å². The van der Waals surface area contributed by atoms with Crippen molar-refractivity contribution in [1.82, 2.24) is 10.1 Å². The summed E-state index contributed by atoms with van der Waals surface area (Å²) < 4.78 is 17.2. The maximum Gasteiger partial charge on any atom is 0.216 e. The standard InChI is InChI=1S/C31H27Cl3N4O4/c1-40-27-14-18(16-35)13-26(36-27)38-11-9-31(39,10-12-38)22-8-7-20(15-25(22)34)41-17-21-29(37-42-30(21)19-5-6-19)28-23(32)3-2-4-24(28)33/h2-4,7-8,13-15,19,39H,5-6,9-12,17H2,1H3. The molecule has 6 rings (SSSR count). The molecule has 0 atom stereocenters. The Bertz CT molecular complexity index is 1650. The van der Waals surface area contributed by atoms with E-state index in [1.54, 1.807) is 42.5 Å². The first-order valence-electron chi connectivity index (χ1n) is 13.6. The van der Waals surface area contributed by atoms with Crippen LogP contribution in [0.2, 0.25) is 15.1 Å². The van der Waals surface area contributed by atoms with Gasteiger partial charge in [-0.25, -0.2) is 0 Å². The molecule has 8 nitrogen and oxygen atoms in total. The molecule has 2 aromatic carbocycles. The van der Waals surface area contributed by atoms with Gasteiger partial charge >= 0.3 is 0 Å². The third-order valence-corrected chi connectivity index (χ3v) is 8.78. The lowest BCUT2D eigenvalue weighted by Crippen LogP contribution is -2.43. The van der Waals surface area contributed by atoms with Gasteiger partial charge in [-0.15, -0.1) is 0 Å². The highest BCUT2D eigenvalue weighted by molar-refractivity contribution is 6.39. The monoisotopic (exact) mass is 624 g/mol. The molecule has 0 bridgehead atoms. The van der Waals surface area contributed by atoms with Gasteiger partial charge in [-0.05, 0) is 56.0 Å². The average molecular weight is 626 g/mol. The third kappa shape index (κ3) is 5.62. The van der Waals surface area contributed by atoms with E-state index in [1.807, 2.05) is 11.0 Å². The minimum atomic E-state index is -1.12. The zero-order valence-corrected chi connectivity index (χ0v) is 25.0. The van der Waals surface area contributed by atoms with Gasteiger partial charge in [-0.2, -0.15) is 10.2 Å². The molecule has 11 heteroatoms. The second kappa shape index (κ2) is 11.7. The first kappa shape index (κ1) is 28.6. The number of rotatable bonds is 8. The molecule has 1 aliphatic heterocycles. The molecule has 42 heavy (non-hydrogen) atoms. The predicted octanol–water partition coefficient (Wildman–Crippen LogP) is 7.52. The van der Waals surface area contributed by atoms with Crippen molar-refractivity contribution >= 4 is 40.6 Å². The van der Waals surface area contributed by atoms with E-state index in [4.69, 9.17) is 48.8 Å². The molecule has 0 spiro atoms. The summed E-state index contributed by atoms with van der Waals surface area (Å²) >= 11 is 19.7. The van der Waals surface area contributed by atoms with Crippen LogP contribution in [0.3, 0.4) is 0 Å². The number of aromatic nitrogens is 2. The molecule has 0 unspecified atom stereocenters. The van der Waals surface area contributed by atoms with Crippen LogP contribution in [0.15, 0.2) is 53.1 Å². The van der Waals surface area contributed by atoms with Crippen molar-refractivity contribution in [3.63, 3.8) is 0 Å². The van der Waals surface area contributed by atoms with Crippen LogP contribution in [-0.4, -0.2) is 35.4 Å². The van der Waals surface area contributed by atoms with Gasteiger partial charge < -0.3 is 24.0 Å². The minimum Gasteiger partial charge on any atom is -0.489 e. The lowest BCUT2D eigenvalue weighted by molar-refractivity contribution is 0.0117. The Morgan fingerprint density at radius 2 is 1.81 bits per heavy atom. The Morgan fingerprint density at radius 1 is 1.07 bits per heavy atom. The molecule has 1 saturated carbocycles. The van der Waals surface area contributed by atoms with Crippen molar-refractivity contribution in [2.45, 2.75) is 43.8 Å². The summed E-state index contributed by atoms with van der Waals surface area (Å²) in [6, 6.07) is 16.1. The van der Waals surface area contributed by atoms with Crippen LogP contribution in [-0.2, 0) is 12.2 Å². The number of hydrogen-bond donors (Lipinski definition) is 1. The molecule has 4 aromatic rings. The molecule has 3 heterocycles. The van der Waals surface area contributed by atoms with E-state index in [2.05, 4.69) is 16.2 Å². The minimum absolute atomic E-state index is 0.194. The van der Waals surface area contributed by atoms with Gasteiger partial charge in [0.05, 0.1) is 45.0 Å². The highest BCUT2D eigenvalue weighted by atomic mass is 35.5. The number of ether oxygens (including phenoxy) is 2. The van der Waals surface area contributed by atoms with Gasteiger partial charge in [0.1, 0.15) is 29.6 Å². The summed E-state index contributed by atoms with van der Waals surface area (Å²) in [5.74, 6) is 2.65. The number of methoxy groups -OCH3 is 1. The topological polar surface area (TPSA) is 105 Å². The maximum absolute atomic E-state index is 11.6. The summed E-state index contributed by atoms with van der Waals surface area (Å²) in [6.07, 6.45) is 2.92. The molecule has 0 radical (unpaired) electrons. The molecule has 0 amide bonds. The van der Waals surface area contributed by atoms with Crippen LogP contribution < -0.4 is 14.4 Å². The summed E-state index contributed by atoms with van der Waals surface area (Å²) in [4.78, 5) is 6.50. The molecule has 2 aromatic heterocycles. The smallest absolute Gasteiger partial charge is 0.216 e. The van der Waals surface area contributed by atoms with Crippen molar-refractivity contribution < 1.29 is 19.1 Å². The highest BCUT2D eigenvalue weighted by Gasteiger charge is 2.37. The van der Waals surface area contributed by atoms with Crippen molar-refractivity contribution in [2.24, 2.45) is 0 Å². The van der Waals surface area contributed by atoms with Gasteiger partial charge in [-0.3, -0.25) is 0 Å². The molecule has 1 saturated heterocycles. The molecular weight excluding hydrogens is 599 g/mol.